The van der Waals surface area contributed by atoms with Crippen LogP contribution in [-0.4, -0.2) is 4.98 Å². The van der Waals surface area contributed by atoms with Gasteiger partial charge in [0.05, 0.1) is 10.6 Å². The zero-order valence-corrected chi connectivity index (χ0v) is 12.4. The fourth-order valence-electron chi connectivity index (χ4n) is 1.81. The quantitative estimate of drug-likeness (QED) is 0.670. The maximum atomic E-state index is 5.92. The Hall–Kier alpha value is -1.33. The third-order valence-electron chi connectivity index (χ3n) is 2.86. The van der Waals surface area contributed by atoms with Gasteiger partial charge in [-0.25, -0.2) is 4.98 Å². The van der Waals surface area contributed by atoms with Gasteiger partial charge in [0, 0.05) is 9.35 Å². The van der Waals surface area contributed by atoms with E-state index >= 15 is 0 Å². The molecule has 18 heavy (non-hydrogen) atoms. The minimum atomic E-state index is 0.600. The molecule has 2 N–H and O–H groups in total. The number of oxazole rings is 1. The van der Waals surface area contributed by atoms with Gasteiger partial charge < -0.3 is 10.2 Å². The highest BCUT2D eigenvalue weighted by Gasteiger charge is 2.13. The third kappa shape index (κ3) is 1.83. The predicted octanol–water partition coefficient (Wildman–Crippen LogP) is 4.52. The smallest absolute Gasteiger partial charge is 0.237 e. The lowest BCUT2D eigenvalue weighted by atomic mass is 10.3. The summed E-state index contributed by atoms with van der Waals surface area (Å²) in [6.45, 7) is 4.18. The van der Waals surface area contributed by atoms with Crippen molar-refractivity contribution < 1.29 is 4.42 Å². The third-order valence-corrected chi connectivity index (χ3v) is 4.46. The van der Waals surface area contributed by atoms with Crippen molar-refractivity contribution in [3.63, 3.8) is 0 Å². The second-order valence-corrected chi connectivity index (χ2v) is 6.38. The molecule has 0 atom stereocenters. The van der Waals surface area contributed by atoms with Crippen LogP contribution in [0.25, 0.3) is 21.9 Å². The Morgan fingerprint density at radius 1 is 1.28 bits per heavy atom. The van der Waals surface area contributed by atoms with E-state index < -0.39 is 0 Å². The lowest BCUT2D eigenvalue weighted by molar-refractivity contribution is 0.623. The van der Waals surface area contributed by atoms with Crippen LogP contribution in [0.1, 0.15) is 10.4 Å². The van der Waals surface area contributed by atoms with Crippen molar-refractivity contribution in [2.24, 2.45) is 0 Å². The fraction of sp³-hybridized carbons (Fsp3) is 0.154. The lowest BCUT2D eigenvalue weighted by Gasteiger charge is -1.93. The van der Waals surface area contributed by atoms with Gasteiger partial charge in [-0.05, 0) is 37.6 Å². The Morgan fingerprint density at radius 2 is 2.06 bits per heavy atom. The number of hydrogen-bond donors (Lipinski definition) is 1. The van der Waals surface area contributed by atoms with Crippen molar-refractivity contribution in [2.75, 3.05) is 5.73 Å². The highest BCUT2D eigenvalue weighted by atomic mass is 79.9. The summed E-state index contributed by atoms with van der Waals surface area (Å²) >= 11 is 5.09. The molecule has 0 aliphatic carbocycles. The van der Waals surface area contributed by atoms with Crippen LogP contribution in [0.2, 0.25) is 0 Å². The van der Waals surface area contributed by atoms with E-state index in [0.717, 1.165) is 14.9 Å². The Bertz CT molecular complexity index is 725. The summed E-state index contributed by atoms with van der Waals surface area (Å²) in [7, 11) is 0. The number of halogens is 1. The fourth-order valence-corrected chi connectivity index (χ4v) is 3.23. The molecule has 0 unspecified atom stereocenters. The van der Waals surface area contributed by atoms with E-state index in [9.17, 15) is 0 Å². The van der Waals surface area contributed by atoms with Crippen molar-refractivity contribution >= 4 is 44.1 Å². The zero-order chi connectivity index (χ0) is 12.9. The largest absolute Gasteiger partial charge is 0.433 e. The normalized spacial score (nSPS) is 11.3. The molecule has 0 fully saturated rings. The molecule has 0 bridgehead atoms. The van der Waals surface area contributed by atoms with Gasteiger partial charge in [-0.15, -0.1) is 11.3 Å². The van der Waals surface area contributed by atoms with Gasteiger partial charge in [-0.2, -0.15) is 0 Å². The van der Waals surface area contributed by atoms with Crippen LogP contribution < -0.4 is 5.73 Å². The van der Waals surface area contributed by atoms with E-state index in [2.05, 4.69) is 40.8 Å². The summed E-state index contributed by atoms with van der Waals surface area (Å²) in [6.07, 6.45) is 0. The van der Waals surface area contributed by atoms with Crippen LogP contribution in [0.4, 0.5) is 5.69 Å². The first-order valence-corrected chi connectivity index (χ1v) is 7.08. The number of rotatable bonds is 1. The molecular weight excluding hydrogens is 312 g/mol. The number of nitrogen functional groups attached to an aromatic ring is 1. The van der Waals surface area contributed by atoms with Crippen LogP contribution in [0.15, 0.2) is 27.1 Å². The van der Waals surface area contributed by atoms with E-state index in [0.29, 0.717) is 17.2 Å². The number of nitrogens with two attached hydrogens (primary N) is 1. The first kappa shape index (κ1) is 11.7. The van der Waals surface area contributed by atoms with Gasteiger partial charge in [0.25, 0.3) is 0 Å². The van der Waals surface area contributed by atoms with Crippen molar-refractivity contribution in [3.05, 3.63) is 33.1 Å². The molecule has 92 valence electrons. The van der Waals surface area contributed by atoms with Crippen LogP contribution in [0.5, 0.6) is 0 Å². The molecule has 1 aromatic carbocycles. The zero-order valence-electron chi connectivity index (χ0n) is 9.95. The standard InChI is InChI=1S/C13H11BrN2OS/c1-6-3-11(18-7(6)2)13-16-10-5-8(14)4-9(15)12(10)17-13/h3-5H,15H2,1-2H3. The van der Waals surface area contributed by atoms with E-state index in [-0.39, 0.29) is 0 Å². The molecule has 5 heteroatoms. The number of aromatic nitrogens is 1. The monoisotopic (exact) mass is 322 g/mol. The molecule has 0 spiro atoms. The van der Waals surface area contributed by atoms with Crippen molar-refractivity contribution in [2.45, 2.75) is 13.8 Å². The minimum Gasteiger partial charge on any atom is -0.433 e. The van der Waals surface area contributed by atoms with Crippen molar-refractivity contribution in [3.8, 4) is 10.8 Å². The number of hydrogen-bond acceptors (Lipinski definition) is 4. The molecule has 0 aliphatic rings. The summed E-state index contributed by atoms with van der Waals surface area (Å²) in [5.74, 6) is 0.635. The molecule has 3 rings (SSSR count). The maximum absolute atomic E-state index is 5.92. The molecule has 0 saturated heterocycles. The van der Waals surface area contributed by atoms with E-state index in [1.54, 1.807) is 11.3 Å². The topological polar surface area (TPSA) is 52.0 Å². The van der Waals surface area contributed by atoms with Gasteiger partial charge >= 0.3 is 0 Å². The molecule has 3 aromatic rings. The minimum absolute atomic E-state index is 0.600. The van der Waals surface area contributed by atoms with Crippen LogP contribution in [0.3, 0.4) is 0 Å². The Labute approximate surface area is 117 Å². The van der Waals surface area contributed by atoms with Crippen LogP contribution >= 0.6 is 27.3 Å². The average molecular weight is 323 g/mol. The molecule has 0 saturated carbocycles. The Balaban J connectivity index is 2.22. The lowest BCUT2D eigenvalue weighted by Crippen LogP contribution is -1.84. The van der Waals surface area contributed by atoms with Gasteiger partial charge in [0.1, 0.15) is 5.52 Å². The SMILES string of the molecule is Cc1cc(-c2nc3cc(Br)cc(N)c3o2)sc1C. The number of benzene rings is 1. The molecule has 2 heterocycles. The molecule has 2 aromatic heterocycles. The Morgan fingerprint density at radius 3 is 2.72 bits per heavy atom. The first-order valence-electron chi connectivity index (χ1n) is 5.47. The van der Waals surface area contributed by atoms with Crippen molar-refractivity contribution in [1.82, 2.24) is 4.98 Å². The average Bonchev–Trinajstić information content (AvgIpc) is 2.84. The van der Waals surface area contributed by atoms with Crippen LogP contribution in [-0.2, 0) is 0 Å². The summed E-state index contributed by atoms with van der Waals surface area (Å²) in [5, 5.41) is 0. The summed E-state index contributed by atoms with van der Waals surface area (Å²) in [5.41, 5.74) is 9.21. The molecule has 0 aliphatic heterocycles. The van der Waals surface area contributed by atoms with E-state index in [4.69, 9.17) is 10.2 Å². The molecule has 0 radical (unpaired) electrons. The van der Waals surface area contributed by atoms with Gasteiger partial charge in [-0.3, -0.25) is 0 Å². The van der Waals surface area contributed by atoms with Gasteiger partial charge in [-0.1, -0.05) is 15.9 Å². The first-order chi connectivity index (χ1) is 8.54. The number of aryl methyl sites for hydroxylation is 2. The Kier molecular flexibility index (Phi) is 2.68. The molecule has 0 amide bonds. The van der Waals surface area contributed by atoms with Gasteiger partial charge in [0.15, 0.2) is 5.58 Å². The number of thiophene rings is 1. The summed E-state index contributed by atoms with van der Waals surface area (Å²) in [4.78, 5) is 6.81. The summed E-state index contributed by atoms with van der Waals surface area (Å²) in [6, 6.07) is 5.82. The van der Waals surface area contributed by atoms with Crippen LogP contribution in [0, 0.1) is 13.8 Å². The number of anilines is 1. The highest BCUT2D eigenvalue weighted by Crippen LogP contribution is 2.34. The molecular formula is C13H11BrN2OS. The second kappa shape index (κ2) is 4.10. The second-order valence-electron chi connectivity index (χ2n) is 4.21. The summed E-state index contributed by atoms with van der Waals surface area (Å²) < 4.78 is 6.67. The number of nitrogens with zero attached hydrogens (tertiary/aromatic N) is 1. The number of fused-ring (bicyclic) bond motifs is 1. The van der Waals surface area contributed by atoms with Gasteiger partial charge in [0.2, 0.25) is 5.89 Å². The predicted molar refractivity (Wildman–Crippen MR) is 78.9 cm³/mol. The maximum Gasteiger partial charge on any atom is 0.237 e. The van der Waals surface area contributed by atoms with E-state index in [1.165, 1.54) is 10.4 Å². The molecule has 3 nitrogen and oxygen atoms in total. The highest BCUT2D eigenvalue weighted by molar-refractivity contribution is 9.10. The van der Waals surface area contributed by atoms with Crippen molar-refractivity contribution in [1.29, 1.82) is 0 Å². The van der Waals surface area contributed by atoms with E-state index in [1.807, 2.05) is 12.1 Å².